The highest BCUT2D eigenvalue weighted by molar-refractivity contribution is 6.12. The Bertz CT molecular complexity index is 1090. The molecule has 2 fully saturated rings. The van der Waals surface area contributed by atoms with Crippen LogP contribution in [0.1, 0.15) is 66.9 Å². The van der Waals surface area contributed by atoms with Gasteiger partial charge in [0.2, 0.25) is 0 Å². The highest BCUT2D eigenvalue weighted by Crippen LogP contribution is 2.39. The van der Waals surface area contributed by atoms with Crippen molar-refractivity contribution in [1.29, 1.82) is 0 Å². The maximum absolute atomic E-state index is 13.2. The predicted molar refractivity (Wildman–Crippen MR) is 128 cm³/mol. The van der Waals surface area contributed by atoms with Crippen LogP contribution in [0.5, 0.6) is 0 Å². The lowest BCUT2D eigenvalue weighted by Crippen LogP contribution is -2.33. The minimum absolute atomic E-state index is 0. The van der Waals surface area contributed by atoms with E-state index in [1.165, 1.54) is 37.1 Å². The molecule has 170 valence electrons. The molecule has 1 aromatic carbocycles. The van der Waals surface area contributed by atoms with E-state index >= 15 is 0 Å². The molecule has 0 aliphatic heterocycles. The molecule has 2 aromatic heterocycles. The second-order valence-corrected chi connectivity index (χ2v) is 8.88. The molecule has 6 nitrogen and oxygen atoms in total. The first-order valence-corrected chi connectivity index (χ1v) is 11.2. The lowest BCUT2D eigenvalue weighted by atomic mass is 9.83. The number of carbonyl (C=O) groups excluding carboxylic acids is 1. The minimum Gasteiger partial charge on any atom is -0.381 e. The van der Waals surface area contributed by atoms with Gasteiger partial charge in [0.05, 0.1) is 11.3 Å². The van der Waals surface area contributed by atoms with Crippen molar-refractivity contribution in [1.82, 2.24) is 9.97 Å². The summed E-state index contributed by atoms with van der Waals surface area (Å²) in [5, 5.41) is 7.46. The van der Waals surface area contributed by atoms with Gasteiger partial charge in [-0.2, -0.15) is 0 Å². The average molecular weight is 458 g/mol. The topological polar surface area (TPSA) is 95.8 Å². The number of nitrogens with zero attached hydrogens (tertiary/aromatic N) is 1. The van der Waals surface area contributed by atoms with Crippen molar-refractivity contribution >= 4 is 40.7 Å². The number of H-pyrrole nitrogens is 1. The van der Waals surface area contributed by atoms with Gasteiger partial charge in [-0.25, -0.2) is 9.37 Å². The van der Waals surface area contributed by atoms with Gasteiger partial charge >= 0.3 is 0 Å². The number of rotatable bonds is 5. The summed E-state index contributed by atoms with van der Waals surface area (Å²) in [5.74, 6) is -0.0524. The molecule has 8 heteroatoms. The van der Waals surface area contributed by atoms with E-state index in [-0.39, 0.29) is 36.2 Å². The normalized spacial score (nSPS) is 20.9. The first-order valence-electron chi connectivity index (χ1n) is 11.2. The largest absolute Gasteiger partial charge is 0.381 e. The van der Waals surface area contributed by atoms with Crippen LogP contribution >= 0.6 is 12.4 Å². The van der Waals surface area contributed by atoms with Crippen LogP contribution in [-0.2, 0) is 0 Å². The predicted octanol–water partition coefficient (Wildman–Crippen LogP) is 5.33. The standard InChI is InChI=1S/C24H28FN5O.ClH/c25-15-4-8-18(9-5-15)29-24(31)20-13-27-23-19(12-21(30-23)14-2-1-3-14)22(20)28-17-10-6-16(26)7-11-17;/h4-5,8-9,12-14,16-17H,1-3,6-7,10-11,26H2,(H,29,31)(H2,27,28,30);1H. The highest BCUT2D eigenvalue weighted by atomic mass is 35.5. The summed E-state index contributed by atoms with van der Waals surface area (Å²) in [6, 6.07) is 8.45. The molecule has 0 saturated heterocycles. The Labute approximate surface area is 193 Å². The summed E-state index contributed by atoms with van der Waals surface area (Å²) >= 11 is 0. The number of aromatic nitrogens is 2. The summed E-state index contributed by atoms with van der Waals surface area (Å²) in [4.78, 5) is 21.2. The van der Waals surface area contributed by atoms with Gasteiger partial charge in [-0.05, 0) is 74.8 Å². The number of nitrogens with one attached hydrogen (secondary N) is 3. The zero-order chi connectivity index (χ0) is 21.4. The lowest BCUT2D eigenvalue weighted by molar-refractivity contribution is 0.102. The summed E-state index contributed by atoms with van der Waals surface area (Å²) < 4.78 is 13.2. The van der Waals surface area contributed by atoms with Crippen LogP contribution in [0.3, 0.4) is 0 Å². The number of nitrogens with two attached hydrogens (primary N) is 1. The molecule has 32 heavy (non-hydrogen) atoms. The van der Waals surface area contributed by atoms with Crippen LogP contribution in [0.25, 0.3) is 11.0 Å². The van der Waals surface area contributed by atoms with Crippen LogP contribution in [0.15, 0.2) is 36.5 Å². The molecule has 0 spiro atoms. The number of benzene rings is 1. The van der Waals surface area contributed by atoms with E-state index in [1.54, 1.807) is 18.3 Å². The van der Waals surface area contributed by atoms with Gasteiger partial charge in [-0.15, -0.1) is 12.4 Å². The Morgan fingerprint density at radius 2 is 1.81 bits per heavy atom. The SMILES string of the molecule is Cl.NC1CCC(Nc2c(C(=O)Nc3ccc(F)cc3)cnc3[nH]c(C4CCC4)cc23)CC1. The first kappa shape index (κ1) is 22.6. The monoisotopic (exact) mass is 457 g/mol. The number of hydrogen-bond acceptors (Lipinski definition) is 4. The molecule has 0 radical (unpaired) electrons. The molecular formula is C24H29ClFN5O. The molecular weight excluding hydrogens is 429 g/mol. The molecule has 0 atom stereocenters. The maximum Gasteiger partial charge on any atom is 0.259 e. The fourth-order valence-electron chi connectivity index (χ4n) is 4.56. The maximum atomic E-state index is 13.2. The Balaban J connectivity index is 0.00000245. The van der Waals surface area contributed by atoms with E-state index in [2.05, 4.69) is 26.7 Å². The van der Waals surface area contributed by atoms with Crippen molar-refractivity contribution in [3.8, 4) is 0 Å². The number of pyridine rings is 1. The molecule has 0 unspecified atom stereocenters. The molecule has 5 N–H and O–H groups in total. The third kappa shape index (κ3) is 4.59. The molecule has 2 aliphatic carbocycles. The van der Waals surface area contributed by atoms with E-state index < -0.39 is 0 Å². The number of aromatic amines is 1. The third-order valence-corrected chi connectivity index (χ3v) is 6.69. The Kier molecular flexibility index (Phi) is 6.67. The number of hydrogen-bond donors (Lipinski definition) is 4. The van der Waals surface area contributed by atoms with Crippen LogP contribution in [0, 0.1) is 5.82 Å². The molecule has 1 amide bonds. The second kappa shape index (κ2) is 9.46. The second-order valence-electron chi connectivity index (χ2n) is 8.88. The van der Waals surface area contributed by atoms with E-state index in [1.807, 2.05) is 0 Å². The summed E-state index contributed by atoms with van der Waals surface area (Å²) in [6.45, 7) is 0. The molecule has 0 bridgehead atoms. The highest BCUT2D eigenvalue weighted by Gasteiger charge is 2.26. The van der Waals surface area contributed by atoms with Crippen molar-refractivity contribution < 1.29 is 9.18 Å². The summed E-state index contributed by atoms with van der Waals surface area (Å²) in [7, 11) is 0. The fourth-order valence-corrected chi connectivity index (χ4v) is 4.56. The molecule has 3 aromatic rings. The Morgan fingerprint density at radius 1 is 1.09 bits per heavy atom. The van der Waals surface area contributed by atoms with Crippen molar-refractivity contribution in [2.45, 2.75) is 62.9 Å². The first-order chi connectivity index (χ1) is 15.1. The van der Waals surface area contributed by atoms with Gasteiger partial charge in [0, 0.05) is 35.0 Å². The quantitative estimate of drug-likeness (QED) is 0.416. The smallest absolute Gasteiger partial charge is 0.259 e. The number of anilines is 2. The number of amides is 1. The van der Waals surface area contributed by atoms with E-state index in [0.717, 1.165) is 42.4 Å². The van der Waals surface area contributed by atoms with E-state index in [4.69, 9.17) is 5.73 Å². The van der Waals surface area contributed by atoms with Crippen molar-refractivity contribution in [2.24, 2.45) is 5.73 Å². The van der Waals surface area contributed by atoms with Crippen LogP contribution in [0.2, 0.25) is 0 Å². The van der Waals surface area contributed by atoms with Crippen molar-refractivity contribution in [3.63, 3.8) is 0 Å². The van der Waals surface area contributed by atoms with Crippen LogP contribution in [0.4, 0.5) is 15.8 Å². The average Bonchev–Trinajstić information content (AvgIpc) is 3.14. The van der Waals surface area contributed by atoms with Gasteiger partial charge in [0.1, 0.15) is 11.5 Å². The zero-order valence-corrected chi connectivity index (χ0v) is 18.7. The number of fused-ring (bicyclic) bond motifs is 1. The molecule has 2 saturated carbocycles. The van der Waals surface area contributed by atoms with Gasteiger partial charge in [-0.3, -0.25) is 4.79 Å². The van der Waals surface area contributed by atoms with Crippen molar-refractivity contribution in [3.05, 3.63) is 53.6 Å². The minimum atomic E-state index is -0.338. The van der Waals surface area contributed by atoms with Gasteiger partial charge < -0.3 is 21.4 Å². The Hall–Kier alpha value is -2.64. The van der Waals surface area contributed by atoms with Gasteiger partial charge in [-0.1, -0.05) is 6.42 Å². The van der Waals surface area contributed by atoms with Gasteiger partial charge in [0.15, 0.2) is 0 Å². The van der Waals surface area contributed by atoms with E-state index in [0.29, 0.717) is 17.2 Å². The Morgan fingerprint density at radius 3 is 2.47 bits per heavy atom. The fraction of sp³-hybridized carbons (Fsp3) is 0.417. The van der Waals surface area contributed by atoms with Gasteiger partial charge in [0.25, 0.3) is 5.91 Å². The van der Waals surface area contributed by atoms with Crippen LogP contribution in [-0.4, -0.2) is 28.0 Å². The summed E-state index contributed by atoms with van der Waals surface area (Å²) in [5.41, 5.74) is 9.92. The van der Waals surface area contributed by atoms with Crippen molar-refractivity contribution in [2.75, 3.05) is 10.6 Å². The van der Waals surface area contributed by atoms with Crippen LogP contribution < -0.4 is 16.4 Å². The summed E-state index contributed by atoms with van der Waals surface area (Å²) in [6.07, 6.45) is 9.16. The number of carbonyl (C=O) groups is 1. The van der Waals surface area contributed by atoms with E-state index in [9.17, 15) is 9.18 Å². The number of halogens is 2. The lowest BCUT2D eigenvalue weighted by Gasteiger charge is -2.28. The molecule has 2 aliphatic rings. The zero-order valence-electron chi connectivity index (χ0n) is 17.9. The third-order valence-electron chi connectivity index (χ3n) is 6.69. The molecule has 2 heterocycles. The molecule has 5 rings (SSSR count).